The lowest BCUT2D eigenvalue weighted by molar-refractivity contribution is 0.0511. The molecule has 0 unspecified atom stereocenters. The van der Waals surface area contributed by atoms with Crippen LogP contribution in [-0.4, -0.2) is 49.2 Å². The molecule has 40 heavy (non-hydrogen) atoms. The molecule has 0 aliphatic heterocycles. The van der Waals surface area contributed by atoms with Crippen LogP contribution in [-0.2, 0) is 18.0 Å². The van der Waals surface area contributed by atoms with Gasteiger partial charge in [0.2, 0.25) is 0 Å². The van der Waals surface area contributed by atoms with Crippen molar-refractivity contribution < 1.29 is 28.5 Å². The molecule has 0 N–H and O–H groups in total. The summed E-state index contributed by atoms with van der Waals surface area (Å²) >= 11 is 0. The lowest BCUT2D eigenvalue weighted by atomic mass is 10.2. The molecule has 0 fully saturated rings. The number of esters is 1. The van der Waals surface area contributed by atoms with Gasteiger partial charge in [-0.1, -0.05) is 42.5 Å². The van der Waals surface area contributed by atoms with Gasteiger partial charge in [-0.2, -0.15) is 0 Å². The van der Waals surface area contributed by atoms with Crippen LogP contribution in [0, 0.1) is 6.92 Å². The highest BCUT2D eigenvalue weighted by Gasteiger charge is 2.32. The van der Waals surface area contributed by atoms with Crippen LogP contribution < -0.4 is 14.2 Å². The van der Waals surface area contributed by atoms with Crippen LogP contribution >= 0.6 is 0 Å². The predicted octanol–water partition coefficient (Wildman–Crippen LogP) is 5.83. The Morgan fingerprint density at radius 2 is 1.38 bits per heavy atom. The topological polar surface area (TPSA) is 79.2 Å². The number of nitrogens with zero attached hydrogens (tertiary/aromatic N) is 2. The van der Waals surface area contributed by atoms with E-state index in [9.17, 15) is 9.59 Å². The largest absolute Gasteiger partial charge is 0.497 e. The third-order valence-corrected chi connectivity index (χ3v) is 6.32. The summed E-state index contributed by atoms with van der Waals surface area (Å²) in [6.45, 7) is 4.30. The van der Waals surface area contributed by atoms with E-state index in [-0.39, 0.29) is 24.8 Å². The number of hydrogen-bond donors (Lipinski definition) is 0. The van der Waals surface area contributed by atoms with Crippen molar-refractivity contribution in [2.24, 2.45) is 0 Å². The Bertz CT molecular complexity index is 1440. The number of amides is 1. The van der Waals surface area contributed by atoms with Gasteiger partial charge in [-0.25, -0.2) is 4.79 Å². The van der Waals surface area contributed by atoms with Gasteiger partial charge in [0, 0.05) is 25.3 Å². The van der Waals surface area contributed by atoms with Crippen molar-refractivity contribution >= 4 is 11.9 Å². The summed E-state index contributed by atoms with van der Waals surface area (Å²) in [4.78, 5) is 28.2. The normalized spacial score (nSPS) is 10.6. The third kappa shape index (κ3) is 6.29. The fourth-order valence-electron chi connectivity index (χ4n) is 4.26. The van der Waals surface area contributed by atoms with E-state index in [1.165, 1.54) is 4.90 Å². The van der Waals surface area contributed by atoms with Crippen molar-refractivity contribution in [3.8, 4) is 22.9 Å². The Hall–Kier alpha value is -4.72. The Morgan fingerprint density at radius 1 is 0.775 bits per heavy atom. The molecule has 0 spiro atoms. The summed E-state index contributed by atoms with van der Waals surface area (Å²) < 4.78 is 24.4. The molecule has 4 rings (SSSR count). The first-order valence-electron chi connectivity index (χ1n) is 13.0. The van der Waals surface area contributed by atoms with Crippen molar-refractivity contribution in [3.05, 3.63) is 107 Å². The highest BCUT2D eigenvalue weighted by atomic mass is 16.5. The average molecular weight is 543 g/mol. The zero-order valence-electron chi connectivity index (χ0n) is 23.5. The van der Waals surface area contributed by atoms with Crippen molar-refractivity contribution in [2.75, 3.05) is 27.8 Å². The van der Waals surface area contributed by atoms with Crippen LogP contribution in [0.4, 0.5) is 0 Å². The maximum Gasteiger partial charge on any atom is 0.359 e. The van der Waals surface area contributed by atoms with Gasteiger partial charge in [0.1, 0.15) is 30.4 Å². The molecular weight excluding hydrogens is 508 g/mol. The predicted molar refractivity (Wildman–Crippen MR) is 153 cm³/mol. The first-order chi connectivity index (χ1) is 19.3. The molecule has 0 atom stereocenters. The van der Waals surface area contributed by atoms with Gasteiger partial charge in [0.05, 0.1) is 13.7 Å². The van der Waals surface area contributed by atoms with Crippen molar-refractivity contribution in [2.45, 2.75) is 27.1 Å². The van der Waals surface area contributed by atoms with E-state index in [1.54, 1.807) is 63.9 Å². The van der Waals surface area contributed by atoms with E-state index in [1.807, 2.05) is 54.6 Å². The second-order valence-electron chi connectivity index (χ2n) is 9.31. The highest BCUT2D eigenvalue weighted by molar-refractivity contribution is 6.01. The van der Waals surface area contributed by atoms with Crippen LogP contribution in [0.25, 0.3) is 5.69 Å². The van der Waals surface area contributed by atoms with E-state index in [0.29, 0.717) is 35.1 Å². The lowest BCUT2D eigenvalue weighted by Gasteiger charge is -2.16. The van der Waals surface area contributed by atoms with Crippen molar-refractivity contribution in [1.29, 1.82) is 0 Å². The quantitative estimate of drug-likeness (QED) is 0.222. The lowest BCUT2D eigenvalue weighted by Crippen LogP contribution is -2.26. The number of hydrogen-bond acceptors (Lipinski definition) is 6. The van der Waals surface area contributed by atoms with Gasteiger partial charge >= 0.3 is 5.97 Å². The van der Waals surface area contributed by atoms with E-state index < -0.39 is 5.97 Å². The maximum absolute atomic E-state index is 13.4. The number of aromatic nitrogens is 1. The van der Waals surface area contributed by atoms with E-state index in [2.05, 4.69) is 0 Å². The first kappa shape index (κ1) is 28.3. The van der Waals surface area contributed by atoms with Crippen molar-refractivity contribution in [3.63, 3.8) is 0 Å². The maximum atomic E-state index is 13.4. The SMILES string of the molecule is CCOC(=O)c1c(OCc2ccccc2)c(C)c(C(=O)N(C)C)n1-c1ccc(OCc2ccc(OC)cc2)cc1. The molecule has 1 aromatic heterocycles. The summed E-state index contributed by atoms with van der Waals surface area (Å²) in [7, 11) is 4.97. The standard InChI is InChI=1S/C32H34N2O6/c1-6-38-32(36)29-30(40-21-23-10-8-7-9-11-23)22(2)28(31(35)33(3)4)34(29)25-14-18-27(19-15-25)39-20-24-12-16-26(37-5)17-13-24/h7-19H,6,20-21H2,1-5H3. The first-order valence-corrected chi connectivity index (χ1v) is 13.0. The van der Waals surface area contributed by atoms with Crippen molar-refractivity contribution in [1.82, 2.24) is 9.47 Å². The molecule has 8 heteroatoms. The van der Waals surface area contributed by atoms with Crippen LogP contribution in [0.1, 0.15) is 44.6 Å². The zero-order valence-corrected chi connectivity index (χ0v) is 23.5. The highest BCUT2D eigenvalue weighted by Crippen LogP contribution is 2.35. The molecule has 8 nitrogen and oxygen atoms in total. The third-order valence-electron chi connectivity index (χ3n) is 6.32. The minimum Gasteiger partial charge on any atom is -0.497 e. The molecule has 4 aromatic rings. The molecule has 0 saturated carbocycles. The number of benzene rings is 3. The molecule has 0 radical (unpaired) electrons. The summed E-state index contributed by atoms with van der Waals surface area (Å²) in [5.41, 5.74) is 3.56. The van der Waals surface area contributed by atoms with Gasteiger partial charge in [0.15, 0.2) is 11.4 Å². The summed E-state index contributed by atoms with van der Waals surface area (Å²) in [6.07, 6.45) is 0. The smallest absolute Gasteiger partial charge is 0.359 e. The molecule has 0 aliphatic carbocycles. The number of rotatable bonds is 11. The summed E-state index contributed by atoms with van der Waals surface area (Å²) in [5, 5.41) is 0. The Labute approximate surface area is 234 Å². The molecular formula is C32H34N2O6. The fourth-order valence-corrected chi connectivity index (χ4v) is 4.26. The molecule has 1 heterocycles. The molecule has 0 saturated heterocycles. The minimum absolute atomic E-state index is 0.160. The molecule has 3 aromatic carbocycles. The van der Waals surface area contributed by atoms with Gasteiger partial charge in [0.25, 0.3) is 5.91 Å². The fraction of sp³-hybridized carbons (Fsp3) is 0.250. The monoisotopic (exact) mass is 542 g/mol. The molecule has 0 aliphatic rings. The van der Waals surface area contributed by atoms with E-state index >= 15 is 0 Å². The van der Waals surface area contributed by atoms with Gasteiger partial charge < -0.3 is 23.8 Å². The minimum atomic E-state index is -0.577. The number of methoxy groups -OCH3 is 1. The summed E-state index contributed by atoms with van der Waals surface area (Å²) in [5.74, 6) is 0.890. The van der Waals surface area contributed by atoms with Gasteiger partial charge in [-0.05, 0) is 61.4 Å². The molecule has 0 bridgehead atoms. The van der Waals surface area contributed by atoms with Crippen LogP contribution in [0.3, 0.4) is 0 Å². The second-order valence-corrected chi connectivity index (χ2v) is 9.31. The Kier molecular flexibility index (Phi) is 9.11. The Balaban J connectivity index is 1.71. The van der Waals surface area contributed by atoms with Crippen LogP contribution in [0.5, 0.6) is 17.2 Å². The van der Waals surface area contributed by atoms with E-state index in [0.717, 1.165) is 16.9 Å². The molecule has 1 amide bonds. The second kappa shape index (κ2) is 12.9. The van der Waals surface area contributed by atoms with Crippen LogP contribution in [0.2, 0.25) is 0 Å². The summed E-state index contributed by atoms with van der Waals surface area (Å²) in [6, 6.07) is 24.5. The van der Waals surface area contributed by atoms with Crippen LogP contribution in [0.15, 0.2) is 78.9 Å². The zero-order chi connectivity index (χ0) is 28.6. The van der Waals surface area contributed by atoms with Gasteiger partial charge in [-0.15, -0.1) is 0 Å². The van der Waals surface area contributed by atoms with Gasteiger partial charge in [-0.3, -0.25) is 9.36 Å². The Morgan fingerprint density at radius 3 is 1.98 bits per heavy atom. The number of ether oxygens (including phenoxy) is 4. The average Bonchev–Trinajstić information content (AvgIpc) is 3.27. The number of carbonyl (C=O) groups is 2. The van der Waals surface area contributed by atoms with E-state index in [4.69, 9.17) is 18.9 Å². The number of carbonyl (C=O) groups excluding carboxylic acids is 2. The molecule has 208 valence electrons.